The largest absolute Gasteiger partial charge is 0.471 e. The quantitative estimate of drug-likeness (QED) is 0.705. The molecule has 4 rings (SSSR count). The molecule has 3 heterocycles. The van der Waals surface area contributed by atoms with Crippen molar-refractivity contribution in [1.29, 1.82) is 0 Å². The Morgan fingerprint density at radius 1 is 1.07 bits per heavy atom. The van der Waals surface area contributed by atoms with Crippen molar-refractivity contribution in [2.24, 2.45) is 0 Å². The fourth-order valence-electron chi connectivity index (χ4n) is 2.81. The van der Waals surface area contributed by atoms with E-state index >= 15 is 0 Å². The summed E-state index contributed by atoms with van der Waals surface area (Å²) < 4.78 is 43.1. The Balaban J connectivity index is 1.36. The number of nitrogens with zero attached hydrogens (tertiary/aromatic N) is 3. The number of para-hydroxylation sites is 1. The third kappa shape index (κ3) is 3.55. The summed E-state index contributed by atoms with van der Waals surface area (Å²) in [5.41, 5.74) is 0.257. The Labute approximate surface area is 152 Å². The van der Waals surface area contributed by atoms with E-state index in [-0.39, 0.29) is 17.9 Å². The van der Waals surface area contributed by atoms with E-state index in [1.165, 1.54) is 6.07 Å². The van der Waals surface area contributed by atoms with Crippen LogP contribution in [-0.4, -0.2) is 40.0 Å². The van der Waals surface area contributed by atoms with E-state index in [1.54, 1.807) is 11.0 Å². The summed E-state index contributed by atoms with van der Waals surface area (Å²) in [7, 11) is 0. The average Bonchev–Trinajstić information content (AvgIpc) is 2.63. The molecule has 3 aromatic rings. The lowest BCUT2D eigenvalue weighted by Crippen LogP contribution is -2.56. The molecule has 27 heavy (non-hydrogen) atoms. The standard InChI is InChI=1S/C19H14F3N3O2/c20-19(21,22)13-6-8-17(23-9-13)27-14-10-25(11-14)18(26)16-7-5-12-3-1-2-4-15(12)24-16/h1-9,14H,10-11H2. The molecule has 1 fully saturated rings. The fourth-order valence-corrected chi connectivity index (χ4v) is 2.81. The van der Waals surface area contributed by atoms with Crippen molar-refractivity contribution < 1.29 is 22.7 Å². The number of carbonyl (C=O) groups excluding carboxylic acids is 1. The maximum atomic E-state index is 12.5. The third-order valence-electron chi connectivity index (χ3n) is 4.30. The van der Waals surface area contributed by atoms with Crippen molar-refractivity contribution in [2.45, 2.75) is 12.3 Å². The molecule has 5 nitrogen and oxygen atoms in total. The molecule has 0 N–H and O–H groups in total. The first-order chi connectivity index (χ1) is 12.9. The number of likely N-dealkylation sites (tertiary alicyclic amines) is 1. The molecule has 0 bridgehead atoms. The number of hydrogen-bond acceptors (Lipinski definition) is 4. The molecule has 138 valence electrons. The van der Waals surface area contributed by atoms with Gasteiger partial charge in [0.2, 0.25) is 5.88 Å². The fraction of sp³-hybridized carbons (Fsp3) is 0.211. The molecule has 1 amide bonds. The molecule has 0 aliphatic carbocycles. The zero-order valence-corrected chi connectivity index (χ0v) is 14.0. The summed E-state index contributed by atoms with van der Waals surface area (Å²) in [5.74, 6) is -0.107. The van der Waals surface area contributed by atoms with Gasteiger partial charge < -0.3 is 9.64 Å². The van der Waals surface area contributed by atoms with Crippen LogP contribution in [0.1, 0.15) is 16.1 Å². The van der Waals surface area contributed by atoms with Gasteiger partial charge in [-0.3, -0.25) is 4.79 Å². The van der Waals surface area contributed by atoms with Crippen LogP contribution >= 0.6 is 0 Å². The molecule has 1 aliphatic heterocycles. The number of fused-ring (bicyclic) bond motifs is 1. The number of aromatic nitrogens is 2. The predicted octanol–water partition coefficient (Wildman–Crippen LogP) is 3.55. The molecule has 8 heteroatoms. The number of benzene rings is 1. The number of halogens is 3. The Bertz CT molecular complexity index is 983. The van der Waals surface area contributed by atoms with Gasteiger partial charge in [-0.15, -0.1) is 0 Å². The van der Waals surface area contributed by atoms with Crippen LogP contribution in [0.25, 0.3) is 10.9 Å². The second-order valence-electron chi connectivity index (χ2n) is 6.22. The van der Waals surface area contributed by atoms with Gasteiger partial charge in [0.25, 0.3) is 5.91 Å². The van der Waals surface area contributed by atoms with Gasteiger partial charge in [0, 0.05) is 17.6 Å². The summed E-state index contributed by atoms with van der Waals surface area (Å²) in [4.78, 5) is 22.1. The first-order valence-electron chi connectivity index (χ1n) is 8.25. The Kier molecular flexibility index (Phi) is 4.18. The van der Waals surface area contributed by atoms with Gasteiger partial charge >= 0.3 is 6.18 Å². The van der Waals surface area contributed by atoms with E-state index in [2.05, 4.69) is 9.97 Å². The molecular formula is C19H14F3N3O2. The van der Waals surface area contributed by atoms with E-state index in [4.69, 9.17) is 4.74 Å². The van der Waals surface area contributed by atoms with Crippen molar-refractivity contribution in [3.8, 4) is 5.88 Å². The lowest BCUT2D eigenvalue weighted by atomic mass is 10.1. The van der Waals surface area contributed by atoms with Crippen LogP contribution in [0.15, 0.2) is 54.7 Å². The number of rotatable bonds is 3. The number of carbonyl (C=O) groups is 1. The molecule has 2 aromatic heterocycles. The van der Waals surface area contributed by atoms with Crippen molar-refractivity contribution in [3.05, 3.63) is 66.0 Å². The van der Waals surface area contributed by atoms with Gasteiger partial charge in [0.1, 0.15) is 11.8 Å². The van der Waals surface area contributed by atoms with Crippen molar-refractivity contribution in [2.75, 3.05) is 13.1 Å². The highest BCUT2D eigenvalue weighted by Gasteiger charge is 2.34. The van der Waals surface area contributed by atoms with Crippen molar-refractivity contribution in [1.82, 2.24) is 14.9 Å². The molecule has 1 aliphatic rings. The highest BCUT2D eigenvalue weighted by Crippen LogP contribution is 2.29. The second kappa shape index (κ2) is 6.53. The molecular weight excluding hydrogens is 359 g/mol. The van der Waals surface area contributed by atoms with Crippen LogP contribution in [0.3, 0.4) is 0 Å². The SMILES string of the molecule is O=C(c1ccc2ccccc2n1)N1CC(Oc2ccc(C(F)(F)F)cn2)C1. The van der Waals surface area contributed by atoms with E-state index in [0.717, 1.165) is 23.2 Å². The van der Waals surface area contributed by atoms with Gasteiger partial charge in [0.05, 0.1) is 24.2 Å². The molecule has 0 saturated carbocycles. The third-order valence-corrected chi connectivity index (χ3v) is 4.30. The molecule has 0 radical (unpaired) electrons. The zero-order valence-electron chi connectivity index (χ0n) is 14.0. The second-order valence-corrected chi connectivity index (χ2v) is 6.22. The summed E-state index contributed by atoms with van der Waals surface area (Å²) >= 11 is 0. The summed E-state index contributed by atoms with van der Waals surface area (Å²) in [6, 6.07) is 13.1. The summed E-state index contributed by atoms with van der Waals surface area (Å²) in [6.07, 6.45) is -4.01. The van der Waals surface area contributed by atoms with E-state index in [9.17, 15) is 18.0 Å². The Hall–Kier alpha value is -3.16. The maximum absolute atomic E-state index is 12.5. The van der Waals surface area contributed by atoms with Crippen LogP contribution in [0.2, 0.25) is 0 Å². The molecule has 0 unspecified atom stereocenters. The first kappa shape index (κ1) is 17.3. The minimum Gasteiger partial charge on any atom is -0.471 e. The van der Waals surface area contributed by atoms with Crippen LogP contribution in [-0.2, 0) is 6.18 Å². The monoisotopic (exact) mass is 373 g/mol. The van der Waals surface area contributed by atoms with Gasteiger partial charge in [-0.25, -0.2) is 9.97 Å². The maximum Gasteiger partial charge on any atom is 0.417 e. The van der Waals surface area contributed by atoms with Gasteiger partial charge in [-0.2, -0.15) is 13.2 Å². The smallest absolute Gasteiger partial charge is 0.417 e. The van der Waals surface area contributed by atoms with Crippen molar-refractivity contribution >= 4 is 16.8 Å². The molecule has 1 saturated heterocycles. The highest BCUT2D eigenvalue weighted by molar-refractivity contribution is 5.95. The van der Waals surface area contributed by atoms with Crippen LogP contribution in [0.4, 0.5) is 13.2 Å². The summed E-state index contributed by atoms with van der Waals surface area (Å²) in [5, 5.41) is 0.951. The lowest BCUT2D eigenvalue weighted by Gasteiger charge is -2.38. The van der Waals surface area contributed by atoms with Crippen LogP contribution in [0.5, 0.6) is 5.88 Å². The minimum absolute atomic E-state index is 0.101. The lowest BCUT2D eigenvalue weighted by molar-refractivity contribution is -0.137. The van der Waals surface area contributed by atoms with Gasteiger partial charge in [-0.05, 0) is 18.2 Å². The van der Waals surface area contributed by atoms with Crippen LogP contribution in [0, 0.1) is 0 Å². The van der Waals surface area contributed by atoms with E-state index in [0.29, 0.717) is 18.8 Å². The Morgan fingerprint density at radius 3 is 2.56 bits per heavy atom. The van der Waals surface area contributed by atoms with Gasteiger partial charge in [0.15, 0.2) is 0 Å². The number of ether oxygens (including phenoxy) is 1. The number of amides is 1. The van der Waals surface area contributed by atoms with Crippen LogP contribution < -0.4 is 4.74 Å². The molecule has 0 atom stereocenters. The zero-order chi connectivity index (χ0) is 19.0. The topological polar surface area (TPSA) is 55.3 Å². The summed E-state index contributed by atoms with van der Waals surface area (Å²) in [6.45, 7) is 0.659. The predicted molar refractivity (Wildman–Crippen MR) is 91.3 cm³/mol. The normalized spacial score (nSPS) is 14.9. The molecule has 1 aromatic carbocycles. The minimum atomic E-state index is -4.43. The first-order valence-corrected chi connectivity index (χ1v) is 8.25. The molecule has 0 spiro atoms. The van der Waals surface area contributed by atoms with E-state index < -0.39 is 11.7 Å². The Morgan fingerprint density at radius 2 is 1.85 bits per heavy atom. The van der Waals surface area contributed by atoms with Gasteiger partial charge in [-0.1, -0.05) is 24.3 Å². The van der Waals surface area contributed by atoms with E-state index in [1.807, 2.05) is 30.3 Å². The number of alkyl halides is 3. The number of hydrogen-bond donors (Lipinski definition) is 0. The average molecular weight is 373 g/mol. The van der Waals surface area contributed by atoms with Crippen molar-refractivity contribution in [3.63, 3.8) is 0 Å². The highest BCUT2D eigenvalue weighted by atomic mass is 19.4. The number of pyridine rings is 2.